The SMILES string of the molecule is Cc1ccccn1.[Cr]. The molecule has 0 spiro atoms. The number of aryl methyl sites for hydroxylation is 1. The Kier molecular flexibility index (Phi) is 3.51. The summed E-state index contributed by atoms with van der Waals surface area (Å²) in [7, 11) is 0. The number of pyridine rings is 1. The molecular formula is C6H7CrN. The molecule has 0 aliphatic heterocycles. The third-order valence-corrected chi connectivity index (χ3v) is 0.813. The van der Waals surface area contributed by atoms with Crippen LogP contribution in [0, 0.1) is 6.92 Å². The van der Waals surface area contributed by atoms with Gasteiger partial charge in [-0.15, -0.1) is 0 Å². The van der Waals surface area contributed by atoms with Gasteiger partial charge in [0.15, 0.2) is 0 Å². The molecule has 0 radical (unpaired) electrons. The second kappa shape index (κ2) is 3.66. The summed E-state index contributed by atoms with van der Waals surface area (Å²) in [4.78, 5) is 3.98. The van der Waals surface area contributed by atoms with Crippen molar-refractivity contribution in [2.45, 2.75) is 6.92 Å². The molecule has 0 saturated heterocycles. The summed E-state index contributed by atoms with van der Waals surface area (Å²) < 4.78 is 0. The molecule has 0 aliphatic carbocycles. The van der Waals surface area contributed by atoms with Gasteiger partial charge in [0.2, 0.25) is 0 Å². The summed E-state index contributed by atoms with van der Waals surface area (Å²) in [5.74, 6) is 0. The number of aromatic nitrogens is 1. The van der Waals surface area contributed by atoms with Gasteiger partial charge in [-0.25, -0.2) is 0 Å². The minimum Gasteiger partial charge on any atom is -0.262 e. The predicted octanol–water partition coefficient (Wildman–Crippen LogP) is 1.39. The van der Waals surface area contributed by atoms with Crippen LogP contribution in [-0.4, -0.2) is 4.98 Å². The van der Waals surface area contributed by atoms with Crippen molar-refractivity contribution in [1.82, 2.24) is 4.98 Å². The van der Waals surface area contributed by atoms with Crippen LogP contribution in [-0.2, 0) is 17.4 Å². The molecule has 0 aromatic carbocycles. The summed E-state index contributed by atoms with van der Waals surface area (Å²) in [6.45, 7) is 1.97. The normalized spacial score (nSPS) is 7.62. The van der Waals surface area contributed by atoms with Crippen molar-refractivity contribution in [3.8, 4) is 0 Å². The van der Waals surface area contributed by atoms with Crippen LogP contribution in [0.4, 0.5) is 0 Å². The quantitative estimate of drug-likeness (QED) is 0.537. The van der Waals surface area contributed by atoms with Crippen LogP contribution in [0.15, 0.2) is 24.4 Å². The van der Waals surface area contributed by atoms with E-state index < -0.39 is 0 Å². The Hall–Kier alpha value is -0.318. The zero-order valence-electron chi connectivity index (χ0n) is 4.66. The van der Waals surface area contributed by atoms with Gasteiger partial charge in [0.05, 0.1) is 0 Å². The van der Waals surface area contributed by atoms with Gasteiger partial charge in [-0.1, -0.05) is 6.07 Å². The summed E-state index contributed by atoms with van der Waals surface area (Å²) in [6.07, 6.45) is 1.79. The molecule has 0 bridgehead atoms. The standard InChI is InChI=1S/C6H7N.Cr/c1-6-4-2-3-5-7-6;/h2-5H,1H3;. The Labute approximate surface area is 59.9 Å². The van der Waals surface area contributed by atoms with E-state index >= 15 is 0 Å². The van der Waals surface area contributed by atoms with Gasteiger partial charge >= 0.3 is 0 Å². The van der Waals surface area contributed by atoms with Gasteiger partial charge in [-0.2, -0.15) is 0 Å². The fourth-order valence-corrected chi connectivity index (χ4v) is 0.448. The molecule has 1 heterocycles. The van der Waals surface area contributed by atoms with Gasteiger partial charge in [-0.05, 0) is 19.1 Å². The smallest absolute Gasteiger partial charge is 0.0372 e. The summed E-state index contributed by atoms with van der Waals surface area (Å²) in [6, 6.07) is 5.86. The van der Waals surface area contributed by atoms with Crippen molar-refractivity contribution in [2.75, 3.05) is 0 Å². The largest absolute Gasteiger partial charge is 0.262 e. The maximum atomic E-state index is 3.98. The minimum absolute atomic E-state index is 0. The van der Waals surface area contributed by atoms with Crippen LogP contribution >= 0.6 is 0 Å². The van der Waals surface area contributed by atoms with Crippen molar-refractivity contribution in [3.63, 3.8) is 0 Å². The zero-order valence-corrected chi connectivity index (χ0v) is 5.94. The van der Waals surface area contributed by atoms with E-state index in [4.69, 9.17) is 0 Å². The van der Waals surface area contributed by atoms with E-state index in [0.717, 1.165) is 5.69 Å². The number of hydrogen-bond acceptors (Lipinski definition) is 1. The molecule has 1 aromatic rings. The number of nitrogens with zero attached hydrogens (tertiary/aromatic N) is 1. The van der Waals surface area contributed by atoms with E-state index in [9.17, 15) is 0 Å². The van der Waals surface area contributed by atoms with Gasteiger partial charge in [-0.3, -0.25) is 4.98 Å². The zero-order chi connectivity index (χ0) is 5.11. The van der Waals surface area contributed by atoms with Gasteiger partial charge < -0.3 is 0 Å². The molecule has 0 N–H and O–H groups in total. The molecule has 2 heteroatoms. The van der Waals surface area contributed by atoms with E-state index in [1.165, 1.54) is 0 Å². The average molecular weight is 145 g/mol. The summed E-state index contributed by atoms with van der Waals surface area (Å²) in [5, 5.41) is 0. The molecule has 0 atom stereocenters. The first-order valence-corrected chi connectivity index (χ1v) is 2.27. The first kappa shape index (κ1) is 7.68. The Morgan fingerprint density at radius 1 is 1.38 bits per heavy atom. The molecule has 0 saturated carbocycles. The Bertz CT molecular complexity index is 138. The van der Waals surface area contributed by atoms with Crippen LogP contribution in [0.25, 0.3) is 0 Å². The van der Waals surface area contributed by atoms with Gasteiger partial charge in [0.1, 0.15) is 0 Å². The Balaban J connectivity index is 0.000000490. The molecule has 0 aliphatic rings. The van der Waals surface area contributed by atoms with Gasteiger partial charge in [0, 0.05) is 29.3 Å². The third-order valence-electron chi connectivity index (χ3n) is 0.813. The fraction of sp³-hybridized carbons (Fsp3) is 0.167. The molecule has 1 nitrogen and oxygen atoms in total. The fourth-order valence-electron chi connectivity index (χ4n) is 0.448. The van der Waals surface area contributed by atoms with Crippen molar-refractivity contribution in [3.05, 3.63) is 30.1 Å². The molecule has 42 valence electrons. The Morgan fingerprint density at radius 3 is 2.38 bits per heavy atom. The van der Waals surface area contributed by atoms with Crippen molar-refractivity contribution < 1.29 is 17.4 Å². The first-order chi connectivity index (χ1) is 3.39. The van der Waals surface area contributed by atoms with Gasteiger partial charge in [0.25, 0.3) is 0 Å². The molecule has 0 fully saturated rings. The molecule has 0 unspecified atom stereocenters. The maximum Gasteiger partial charge on any atom is 0.0372 e. The summed E-state index contributed by atoms with van der Waals surface area (Å²) in [5.41, 5.74) is 1.07. The van der Waals surface area contributed by atoms with Crippen LogP contribution in [0.1, 0.15) is 5.69 Å². The minimum atomic E-state index is 0. The van der Waals surface area contributed by atoms with Crippen molar-refractivity contribution >= 4 is 0 Å². The monoisotopic (exact) mass is 145 g/mol. The molecule has 1 aromatic heterocycles. The third kappa shape index (κ3) is 2.11. The number of hydrogen-bond donors (Lipinski definition) is 0. The number of rotatable bonds is 0. The molecule has 0 amide bonds. The molecule has 1 rings (SSSR count). The second-order valence-electron chi connectivity index (χ2n) is 1.47. The van der Waals surface area contributed by atoms with E-state index in [-0.39, 0.29) is 17.4 Å². The van der Waals surface area contributed by atoms with E-state index in [1.54, 1.807) is 6.20 Å². The second-order valence-corrected chi connectivity index (χ2v) is 1.47. The average Bonchev–Trinajstić information content (AvgIpc) is 1.69. The van der Waals surface area contributed by atoms with Crippen LogP contribution in [0.5, 0.6) is 0 Å². The van der Waals surface area contributed by atoms with Crippen molar-refractivity contribution in [1.29, 1.82) is 0 Å². The van der Waals surface area contributed by atoms with Crippen LogP contribution in [0.2, 0.25) is 0 Å². The molecular weight excluding hydrogens is 138 g/mol. The topological polar surface area (TPSA) is 12.9 Å². The van der Waals surface area contributed by atoms with E-state index in [0.29, 0.717) is 0 Å². The first-order valence-electron chi connectivity index (χ1n) is 2.27. The maximum absolute atomic E-state index is 3.98. The predicted molar refractivity (Wildman–Crippen MR) is 29.0 cm³/mol. The van der Waals surface area contributed by atoms with Crippen LogP contribution in [0.3, 0.4) is 0 Å². The molecule has 8 heavy (non-hydrogen) atoms. The van der Waals surface area contributed by atoms with E-state index in [1.807, 2.05) is 25.1 Å². The van der Waals surface area contributed by atoms with E-state index in [2.05, 4.69) is 4.98 Å². The van der Waals surface area contributed by atoms with Crippen LogP contribution < -0.4 is 0 Å². The van der Waals surface area contributed by atoms with Crippen molar-refractivity contribution in [2.24, 2.45) is 0 Å². The summed E-state index contributed by atoms with van der Waals surface area (Å²) >= 11 is 0. The Morgan fingerprint density at radius 2 is 2.12 bits per heavy atom.